The van der Waals surface area contributed by atoms with E-state index in [1.54, 1.807) is 7.11 Å². The molecule has 114 valence electrons. The first-order chi connectivity index (χ1) is 10.1. The molecule has 1 aliphatic rings. The van der Waals surface area contributed by atoms with E-state index in [1.807, 2.05) is 18.2 Å². The minimum atomic E-state index is -0.159. The minimum absolute atomic E-state index is 0.114. The summed E-state index contributed by atoms with van der Waals surface area (Å²) in [5.74, 6) is 1.00. The smallest absolute Gasteiger partial charge is 0.121 e. The maximum absolute atomic E-state index is 6.04. The molecule has 1 aliphatic heterocycles. The average Bonchev–Trinajstić information content (AvgIpc) is 2.79. The summed E-state index contributed by atoms with van der Waals surface area (Å²) in [5.41, 5.74) is 1.95. The van der Waals surface area contributed by atoms with Crippen LogP contribution < -0.4 is 0 Å². The van der Waals surface area contributed by atoms with Crippen LogP contribution in [0.3, 0.4) is 0 Å². The molecule has 1 aromatic heterocycles. The van der Waals surface area contributed by atoms with Crippen molar-refractivity contribution in [1.29, 1.82) is 0 Å². The maximum atomic E-state index is 6.04. The fraction of sp³-hybridized carbons (Fsp3) is 0.562. The van der Waals surface area contributed by atoms with Crippen LogP contribution >= 0.6 is 0 Å². The summed E-state index contributed by atoms with van der Waals surface area (Å²) in [5, 5.41) is 0. The second-order valence-corrected chi connectivity index (χ2v) is 6.33. The van der Waals surface area contributed by atoms with Crippen molar-refractivity contribution in [3.8, 4) is 0 Å². The van der Waals surface area contributed by atoms with E-state index >= 15 is 0 Å². The van der Waals surface area contributed by atoms with Crippen LogP contribution in [0.4, 0.5) is 0 Å². The number of H-pyrrole nitrogens is 1. The Kier molecular flexibility index (Phi) is 3.97. The zero-order valence-electron chi connectivity index (χ0n) is 12.9. The van der Waals surface area contributed by atoms with Crippen molar-refractivity contribution in [2.24, 2.45) is 0 Å². The molecule has 0 spiro atoms. The highest BCUT2D eigenvalue weighted by molar-refractivity contribution is 5.74. The molecule has 1 N–H and O–H groups in total. The molecule has 0 bridgehead atoms. The van der Waals surface area contributed by atoms with E-state index in [1.165, 1.54) is 0 Å². The van der Waals surface area contributed by atoms with Crippen molar-refractivity contribution in [3.05, 3.63) is 30.1 Å². The Labute approximate surface area is 125 Å². The van der Waals surface area contributed by atoms with Gasteiger partial charge in [-0.3, -0.25) is 4.90 Å². The van der Waals surface area contributed by atoms with Crippen LogP contribution in [0, 0.1) is 0 Å². The standard InChI is InChI=1S/C16H23N3O2/c1-16(2)11-19(8-12(21-16)10-20-3)9-15-17-13-6-4-5-7-14(13)18-15/h4-7,12H,8-11H2,1-3H3,(H,17,18)/t12-/m1/s1. The van der Waals surface area contributed by atoms with Gasteiger partial charge in [0.25, 0.3) is 0 Å². The lowest BCUT2D eigenvalue weighted by molar-refractivity contribution is -0.154. The van der Waals surface area contributed by atoms with Crippen LogP contribution in [-0.4, -0.2) is 53.4 Å². The summed E-state index contributed by atoms with van der Waals surface area (Å²) in [6.07, 6.45) is 0.114. The van der Waals surface area contributed by atoms with E-state index in [2.05, 4.69) is 34.8 Å². The molecule has 5 nitrogen and oxygen atoms in total. The van der Waals surface area contributed by atoms with Crippen molar-refractivity contribution < 1.29 is 9.47 Å². The second kappa shape index (κ2) is 5.75. The Hall–Kier alpha value is -1.43. The van der Waals surface area contributed by atoms with Crippen LogP contribution in [-0.2, 0) is 16.0 Å². The van der Waals surface area contributed by atoms with E-state index in [0.717, 1.165) is 36.5 Å². The lowest BCUT2D eigenvalue weighted by Crippen LogP contribution is -2.53. The summed E-state index contributed by atoms with van der Waals surface area (Å²) >= 11 is 0. The van der Waals surface area contributed by atoms with Crippen LogP contribution in [0.25, 0.3) is 11.0 Å². The van der Waals surface area contributed by atoms with E-state index in [4.69, 9.17) is 9.47 Å². The van der Waals surface area contributed by atoms with Gasteiger partial charge in [0.05, 0.1) is 35.9 Å². The van der Waals surface area contributed by atoms with Gasteiger partial charge in [-0.25, -0.2) is 4.98 Å². The molecule has 3 rings (SSSR count). The van der Waals surface area contributed by atoms with Gasteiger partial charge in [-0.15, -0.1) is 0 Å². The van der Waals surface area contributed by atoms with E-state index < -0.39 is 0 Å². The normalized spacial score (nSPS) is 22.7. The number of rotatable bonds is 4. The van der Waals surface area contributed by atoms with Crippen molar-refractivity contribution >= 4 is 11.0 Å². The third-order valence-electron chi connectivity index (χ3n) is 3.72. The molecular weight excluding hydrogens is 266 g/mol. The monoisotopic (exact) mass is 289 g/mol. The SMILES string of the molecule is COC[C@H]1CN(Cc2nc3ccccc3[nH]2)CC(C)(C)O1. The number of para-hydroxylation sites is 2. The molecule has 21 heavy (non-hydrogen) atoms. The van der Waals surface area contributed by atoms with Gasteiger partial charge in [0.15, 0.2) is 0 Å². The third kappa shape index (κ3) is 3.43. The zero-order chi connectivity index (χ0) is 14.9. The van der Waals surface area contributed by atoms with Crippen molar-refractivity contribution in [2.75, 3.05) is 26.8 Å². The number of nitrogens with zero attached hydrogens (tertiary/aromatic N) is 2. The first-order valence-corrected chi connectivity index (χ1v) is 7.38. The van der Waals surface area contributed by atoms with Crippen LogP contribution in [0.5, 0.6) is 0 Å². The van der Waals surface area contributed by atoms with Crippen LogP contribution in [0.1, 0.15) is 19.7 Å². The summed E-state index contributed by atoms with van der Waals surface area (Å²) < 4.78 is 11.3. The lowest BCUT2D eigenvalue weighted by atomic mass is 10.1. The van der Waals surface area contributed by atoms with Crippen LogP contribution in [0.15, 0.2) is 24.3 Å². The number of morpholine rings is 1. The molecule has 2 aromatic rings. The molecule has 0 saturated carbocycles. The van der Waals surface area contributed by atoms with Gasteiger partial charge in [-0.05, 0) is 26.0 Å². The van der Waals surface area contributed by atoms with E-state index in [-0.39, 0.29) is 11.7 Å². The number of aromatic amines is 1. The van der Waals surface area contributed by atoms with Crippen molar-refractivity contribution in [2.45, 2.75) is 32.1 Å². The highest BCUT2D eigenvalue weighted by Gasteiger charge is 2.33. The molecular formula is C16H23N3O2. The summed E-state index contributed by atoms with van der Waals surface area (Å²) in [6, 6.07) is 8.13. The minimum Gasteiger partial charge on any atom is -0.382 e. The summed E-state index contributed by atoms with van der Waals surface area (Å²) in [4.78, 5) is 10.4. The third-order valence-corrected chi connectivity index (χ3v) is 3.72. The highest BCUT2D eigenvalue weighted by atomic mass is 16.5. The summed E-state index contributed by atoms with van der Waals surface area (Å²) in [7, 11) is 1.72. The first kappa shape index (κ1) is 14.5. The lowest BCUT2D eigenvalue weighted by Gasteiger charge is -2.42. The Bertz CT molecular complexity index is 575. The van der Waals surface area contributed by atoms with Crippen molar-refractivity contribution in [3.63, 3.8) is 0 Å². The molecule has 5 heteroatoms. The predicted octanol–water partition coefficient (Wildman–Crippen LogP) is 2.19. The fourth-order valence-electron chi connectivity index (χ4n) is 3.10. The Morgan fingerprint density at radius 2 is 2.24 bits per heavy atom. The number of benzene rings is 1. The quantitative estimate of drug-likeness (QED) is 0.937. The Morgan fingerprint density at radius 1 is 1.43 bits per heavy atom. The van der Waals surface area contributed by atoms with E-state index in [0.29, 0.717) is 6.61 Å². The molecule has 1 saturated heterocycles. The number of fused-ring (bicyclic) bond motifs is 1. The number of imidazole rings is 1. The van der Waals surface area contributed by atoms with Gasteiger partial charge >= 0.3 is 0 Å². The molecule has 0 radical (unpaired) electrons. The number of methoxy groups -OCH3 is 1. The van der Waals surface area contributed by atoms with Gasteiger partial charge in [0.2, 0.25) is 0 Å². The number of hydrogen-bond donors (Lipinski definition) is 1. The second-order valence-electron chi connectivity index (χ2n) is 6.33. The molecule has 1 fully saturated rings. The van der Waals surface area contributed by atoms with Crippen LogP contribution in [0.2, 0.25) is 0 Å². The topological polar surface area (TPSA) is 50.4 Å². The van der Waals surface area contributed by atoms with Gasteiger partial charge in [0.1, 0.15) is 5.82 Å². The number of aromatic nitrogens is 2. The Morgan fingerprint density at radius 3 is 3.00 bits per heavy atom. The summed E-state index contributed by atoms with van der Waals surface area (Å²) in [6.45, 7) is 7.45. The zero-order valence-corrected chi connectivity index (χ0v) is 12.9. The number of ether oxygens (including phenoxy) is 2. The number of hydrogen-bond acceptors (Lipinski definition) is 4. The molecule has 1 aromatic carbocycles. The molecule has 0 unspecified atom stereocenters. The van der Waals surface area contributed by atoms with Gasteiger partial charge in [0, 0.05) is 20.2 Å². The molecule has 0 aliphatic carbocycles. The maximum Gasteiger partial charge on any atom is 0.121 e. The predicted molar refractivity (Wildman–Crippen MR) is 82.2 cm³/mol. The van der Waals surface area contributed by atoms with Gasteiger partial charge in [-0.2, -0.15) is 0 Å². The largest absolute Gasteiger partial charge is 0.382 e. The first-order valence-electron chi connectivity index (χ1n) is 7.38. The average molecular weight is 289 g/mol. The van der Waals surface area contributed by atoms with Gasteiger partial charge in [-0.1, -0.05) is 12.1 Å². The molecule has 1 atom stereocenters. The van der Waals surface area contributed by atoms with Crippen molar-refractivity contribution in [1.82, 2.24) is 14.9 Å². The molecule has 2 heterocycles. The number of nitrogens with one attached hydrogen (secondary N) is 1. The van der Waals surface area contributed by atoms with E-state index in [9.17, 15) is 0 Å². The highest BCUT2D eigenvalue weighted by Crippen LogP contribution is 2.22. The molecule has 0 amide bonds. The Balaban J connectivity index is 1.73. The fourth-order valence-corrected chi connectivity index (χ4v) is 3.10. The van der Waals surface area contributed by atoms with Gasteiger partial charge < -0.3 is 14.5 Å².